The highest BCUT2D eigenvalue weighted by Gasteiger charge is 2.29. The Hall–Kier alpha value is -2.87. The smallest absolute Gasteiger partial charge is 0.243 e. The van der Waals surface area contributed by atoms with Crippen LogP contribution in [0.5, 0.6) is 0 Å². The van der Waals surface area contributed by atoms with Crippen molar-refractivity contribution in [2.45, 2.75) is 78.9 Å². The topological polar surface area (TPSA) is 86.8 Å². The molecule has 198 valence electrons. The number of anilines is 1. The van der Waals surface area contributed by atoms with Crippen LogP contribution in [0.4, 0.5) is 5.69 Å². The molecule has 36 heavy (non-hydrogen) atoms. The molecule has 0 aliphatic carbocycles. The Bertz CT molecular complexity index is 1130. The summed E-state index contributed by atoms with van der Waals surface area (Å²) in [7, 11) is -3.51. The summed E-state index contributed by atoms with van der Waals surface area (Å²) in [6.45, 7) is 10.3. The lowest BCUT2D eigenvalue weighted by atomic mass is 10.1. The molecule has 7 nitrogen and oxygen atoms in total. The number of carbonyl (C=O) groups excluding carboxylic acids is 2. The molecular weight excluding hydrogens is 474 g/mol. The molecule has 0 aliphatic heterocycles. The number of amides is 2. The maximum atomic E-state index is 13.5. The van der Waals surface area contributed by atoms with Crippen LogP contribution in [0.3, 0.4) is 0 Å². The third-order valence-corrected chi connectivity index (χ3v) is 7.46. The maximum Gasteiger partial charge on any atom is 0.243 e. The number of benzene rings is 2. The summed E-state index contributed by atoms with van der Waals surface area (Å²) in [5, 5.41) is 3.01. The Morgan fingerprint density at radius 3 is 2.17 bits per heavy atom. The lowest BCUT2D eigenvalue weighted by Crippen LogP contribution is -2.50. The van der Waals surface area contributed by atoms with E-state index in [1.54, 1.807) is 11.0 Å². The normalized spacial score (nSPS) is 13.1. The van der Waals surface area contributed by atoms with Gasteiger partial charge >= 0.3 is 0 Å². The van der Waals surface area contributed by atoms with Crippen molar-refractivity contribution >= 4 is 27.5 Å². The highest BCUT2D eigenvalue weighted by molar-refractivity contribution is 7.92. The first-order chi connectivity index (χ1) is 17.0. The van der Waals surface area contributed by atoms with E-state index in [0.29, 0.717) is 25.1 Å². The minimum absolute atomic E-state index is 0.0140. The van der Waals surface area contributed by atoms with Gasteiger partial charge in [0.2, 0.25) is 21.8 Å². The molecule has 0 heterocycles. The molecule has 1 N–H and O–H groups in total. The molecule has 2 aromatic rings. The van der Waals surface area contributed by atoms with E-state index >= 15 is 0 Å². The van der Waals surface area contributed by atoms with Gasteiger partial charge in [0, 0.05) is 25.6 Å². The van der Waals surface area contributed by atoms with Gasteiger partial charge in [-0.25, -0.2) is 8.42 Å². The van der Waals surface area contributed by atoms with E-state index < -0.39 is 16.1 Å². The van der Waals surface area contributed by atoms with Gasteiger partial charge < -0.3 is 10.2 Å². The monoisotopic (exact) mass is 515 g/mol. The summed E-state index contributed by atoms with van der Waals surface area (Å²) in [5.41, 5.74) is 3.58. The number of sulfonamides is 1. The molecule has 0 saturated carbocycles. The minimum atomic E-state index is -3.51. The molecule has 2 unspecified atom stereocenters. The van der Waals surface area contributed by atoms with Crippen molar-refractivity contribution in [3.8, 4) is 0 Å². The molecule has 0 saturated heterocycles. The molecule has 0 aliphatic rings. The molecule has 0 aromatic heterocycles. The van der Waals surface area contributed by atoms with E-state index in [1.807, 2.05) is 77.1 Å². The van der Waals surface area contributed by atoms with Gasteiger partial charge in [-0.2, -0.15) is 0 Å². The van der Waals surface area contributed by atoms with E-state index in [2.05, 4.69) is 5.32 Å². The van der Waals surface area contributed by atoms with Crippen LogP contribution >= 0.6 is 0 Å². The second-order valence-electron chi connectivity index (χ2n) is 9.53. The molecule has 0 bridgehead atoms. The van der Waals surface area contributed by atoms with Crippen LogP contribution in [0.25, 0.3) is 0 Å². The summed E-state index contributed by atoms with van der Waals surface area (Å²) >= 11 is 0. The van der Waals surface area contributed by atoms with Crippen LogP contribution in [-0.2, 0) is 26.2 Å². The number of hydrogen-bond acceptors (Lipinski definition) is 4. The Labute approximate surface area is 216 Å². The molecule has 2 aromatic carbocycles. The maximum absolute atomic E-state index is 13.5. The zero-order valence-corrected chi connectivity index (χ0v) is 23.3. The SMILES string of the molecule is CCC(C)NC(=O)C(CC)N(Cc1cccc(C)c1)C(=O)CCCN(c1cccc(C)c1)S(C)(=O)=O. The fourth-order valence-electron chi connectivity index (χ4n) is 4.15. The minimum Gasteiger partial charge on any atom is -0.352 e. The van der Waals surface area contributed by atoms with E-state index in [-0.39, 0.29) is 30.8 Å². The van der Waals surface area contributed by atoms with Gasteiger partial charge in [-0.1, -0.05) is 55.8 Å². The number of aryl methyl sites for hydroxylation is 2. The summed E-state index contributed by atoms with van der Waals surface area (Å²) < 4.78 is 26.3. The highest BCUT2D eigenvalue weighted by Crippen LogP contribution is 2.21. The lowest BCUT2D eigenvalue weighted by molar-refractivity contribution is -0.141. The first kappa shape index (κ1) is 29.4. The van der Waals surface area contributed by atoms with Crippen molar-refractivity contribution in [3.63, 3.8) is 0 Å². The lowest BCUT2D eigenvalue weighted by Gasteiger charge is -2.32. The van der Waals surface area contributed by atoms with Gasteiger partial charge in [0.15, 0.2) is 0 Å². The largest absolute Gasteiger partial charge is 0.352 e. The summed E-state index contributed by atoms with van der Waals surface area (Å²) in [6, 6.07) is 14.6. The van der Waals surface area contributed by atoms with Crippen molar-refractivity contribution in [1.82, 2.24) is 10.2 Å². The molecule has 2 rings (SSSR count). The fourth-order valence-corrected chi connectivity index (χ4v) is 5.11. The van der Waals surface area contributed by atoms with E-state index in [4.69, 9.17) is 0 Å². The average molecular weight is 516 g/mol. The van der Waals surface area contributed by atoms with Crippen LogP contribution in [0, 0.1) is 13.8 Å². The van der Waals surface area contributed by atoms with Crippen LogP contribution in [0.15, 0.2) is 48.5 Å². The molecular formula is C28H41N3O4S. The third kappa shape index (κ3) is 8.66. The van der Waals surface area contributed by atoms with Gasteiger partial charge in [0.1, 0.15) is 6.04 Å². The molecule has 0 fully saturated rings. The van der Waals surface area contributed by atoms with Gasteiger partial charge in [-0.3, -0.25) is 13.9 Å². The Morgan fingerprint density at radius 2 is 1.61 bits per heavy atom. The predicted octanol–water partition coefficient (Wildman–Crippen LogP) is 4.57. The number of carbonyl (C=O) groups is 2. The van der Waals surface area contributed by atoms with Crippen LogP contribution in [0.2, 0.25) is 0 Å². The van der Waals surface area contributed by atoms with Gasteiger partial charge in [0.05, 0.1) is 11.9 Å². The van der Waals surface area contributed by atoms with Crippen molar-refractivity contribution in [3.05, 3.63) is 65.2 Å². The molecule has 0 spiro atoms. The van der Waals surface area contributed by atoms with Gasteiger partial charge in [-0.15, -0.1) is 0 Å². The van der Waals surface area contributed by atoms with E-state index in [9.17, 15) is 18.0 Å². The van der Waals surface area contributed by atoms with E-state index in [0.717, 1.165) is 23.1 Å². The van der Waals surface area contributed by atoms with Crippen molar-refractivity contribution < 1.29 is 18.0 Å². The molecule has 2 atom stereocenters. The standard InChI is InChI=1S/C28H41N3O4S/c1-7-23(5)29-28(33)26(8-2)30(20-24-14-9-12-21(3)18-24)27(32)16-11-17-31(36(6,34)35)25-15-10-13-22(4)19-25/h9-10,12-15,18-19,23,26H,7-8,11,16-17,20H2,1-6H3,(H,29,33). The molecule has 0 radical (unpaired) electrons. The second kappa shape index (κ2) is 13.4. The first-order valence-electron chi connectivity index (χ1n) is 12.7. The summed E-state index contributed by atoms with van der Waals surface area (Å²) in [5.74, 6) is -0.328. The quantitative estimate of drug-likeness (QED) is 0.423. The Balaban J connectivity index is 2.23. The number of nitrogens with one attached hydrogen (secondary N) is 1. The fraction of sp³-hybridized carbons (Fsp3) is 0.500. The average Bonchev–Trinajstić information content (AvgIpc) is 2.80. The first-order valence-corrected chi connectivity index (χ1v) is 14.5. The van der Waals surface area contributed by atoms with Gasteiger partial charge in [0.25, 0.3) is 0 Å². The van der Waals surface area contributed by atoms with Crippen molar-refractivity contribution in [2.75, 3.05) is 17.1 Å². The van der Waals surface area contributed by atoms with Gasteiger partial charge in [-0.05, 0) is 63.3 Å². The number of nitrogens with zero attached hydrogens (tertiary/aromatic N) is 2. The highest BCUT2D eigenvalue weighted by atomic mass is 32.2. The molecule has 8 heteroatoms. The number of rotatable bonds is 13. The predicted molar refractivity (Wildman–Crippen MR) is 146 cm³/mol. The Kier molecular flexibility index (Phi) is 11.0. The van der Waals surface area contributed by atoms with Crippen LogP contribution in [0.1, 0.15) is 63.1 Å². The second-order valence-corrected chi connectivity index (χ2v) is 11.4. The van der Waals surface area contributed by atoms with E-state index in [1.165, 1.54) is 10.6 Å². The molecule has 2 amide bonds. The zero-order chi connectivity index (χ0) is 26.9. The zero-order valence-electron chi connectivity index (χ0n) is 22.5. The third-order valence-electron chi connectivity index (χ3n) is 6.26. The van der Waals surface area contributed by atoms with Crippen molar-refractivity contribution in [1.29, 1.82) is 0 Å². The van der Waals surface area contributed by atoms with Crippen LogP contribution in [-0.4, -0.2) is 50.0 Å². The Morgan fingerprint density at radius 1 is 0.972 bits per heavy atom. The van der Waals surface area contributed by atoms with Crippen molar-refractivity contribution in [2.24, 2.45) is 0 Å². The summed E-state index contributed by atoms with van der Waals surface area (Å²) in [6.07, 6.45) is 2.94. The number of hydrogen-bond donors (Lipinski definition) is 1. The van der Waals surface area contributed by atoms with Crippen LogP contribution < -0.4 is 9.62 Å². The summed E-state index contributed by atoms with van der Waals surface area (Å²) in [4.78, 5) is 28.2.